The number of fused-ring (bicyclic) bond motifs is 1. The van der Waals surface area contributed by atoms with Gasteiger partial charge in [0, 0.05) is 25.2 Å². The Kier molecular flexibility index (Phi) is 7.72. The largest absolute Gasteiger partial charge is 0.467 e. The summed E-state index contributed by atoms with van der Waals surface area (Å²) in [7, 11) is 1.50. The highest BCUT2D eigenvalue weighted by atomic mass is 35.5. The lowest BCUT2D eigenvalue weighted by Gasteiger charge is -2.43. The van der Waals surface area contributed by atoms with E-state index in [0.29, 0.717) is 34.8 Å². The molecule has 4 heterocycles. The molecule has 1 fully saturated rings. The molecule has 1 aliphatic rings. The summed E-state index contributed by atoms with van der Waals surface area (Å²) in [5, 5.41) is 10.3. The Balaban J connectivity index is 2.06. The van der Waals surface area contributed by atoms with Gasteiger partial charge in [-0.1, -0.05) is 50.9 Å². The van der Waals surface area contributed by atoms with Crippen LogP contribution >= 0.6 is 23.2 Å². The summed E-state index contributed by atoms with van der Waals surface area (Å²) in [6.45, 7) is 12.1. The van der Waals surface area contributed by atoms with Crippen LogP contribution in [0.3, 0.4) is 0 Å². The number of ether oxygens (including phenoxy) is 1. The number of carboxylic acid groups (broad SMARTS) is 1. The molecular formula is C25H31Cl2N7O4. The van der Waals surface area contributed by atoms with Crippen molar-refractivity contribution in [2.45, 2.75) is 65.5 Å². The Morgan fingerprint density at radius 3 is 2.16 bits per heavy atom. The first-order valence-corrected chi connectivity index (χ1v) is 13.1. The van der Waals surface area contributed by atoms with E-state index in [4.69, 9.17) is 27.9 Å². The van der Waals surface area contributed by atoms with Crippen LogP contribution < -0.4 is 15.3 Å². The van der Waals surface area contributed by atoms with Gasteiger partial charge in [0.25, 0.3) is 0 Å². The first-order chi connectivity index (χ1) is 17.8. The lowest BCUT2D eigenvalue weighted by molar-refractivity contribution is 0.114. The van der Waals surface area contributed by atoms with Crippen molar-refractivity contribution in [3.63, 3.8) is 0 Å². The summed E-state index contributed by atoms with van der Waals surface area (Å²) in [5.74, 6) is 0.186. The molecule has 3 aromatic heterocycles. The topological polar surface area (TPSA) is 127 Å². The van der Waals surface area contributed by atoms with Gasteiger partial charge in [-0.15, -0.1) is 0 Å². The minimum absolute atomic E-state index is 0.0354. The number of hydrogen-bond acceptors (Lipinski definition) is 8. The first kappa shape index (κ1) is 27.8. The van der Waals surface area contributed by atoms with Gasteiger partial charge in [-0.2, -0.15) is 15.0 Å². The molecule has 1 amide bonds. The number of carbonyl (C=O) groups is 1. The summed E-state index contributed by atoms with van der Waals surface area (Å²) < 4.78 is 6.75. The molecule has 0 bridgehead atoms. The average molecular weight is 564 g/mol. The third-order valence-corrected chi connectivity index (χ3v) is 7.35. The Morgan fingerprint density at radius 1 is 1.03 bits per heavy atom. The van der Waals surface area contributed by atoms with Crippen LogP contribution in [0.25, 0.3) is 16.7 Å². The maximum absolute atomic E-state index is 13.9. The van der Waals surface area contributed by atoms with Crippen molar-refractivity contribution < 1.29 is 14.6 Å². The van der Waals surface area contributed by atoms with Gasteiger partial charge in [0.15, 0.2) is 5.65 Å². The molecule has 3 aromatic rings. The van der Waals surface area contributed by atoms with E-state index in [1.807, 2.05) is 46.4 Å². The van der Waals surface area contributed by atoms with Crippen LogP contribution in [-0.2, 0) is 0 Å². The van der Waals surface area contributed by atoms with Crippen LogP contribution in [0.15, 0.2) is 10.9 Å². The van der Waals surface area contributed by atoms with Gasteiger partial charge in [0.2, 0.25) is 0 Å². The molecule has 38 heavy (non-hydrogen) atoms. The van der Waals surface area contributed by atoms with E-state index in [0.717, 1.165) is 0 Å². The quantitative estimate of drug-likeness (QED) is 0.439. The molecule has 1 saturated heterocycles. The molecule has 0 unspecified atom stereocenters. The van der Waals surface area contributed by atoms with Gasteiger partial charge in [-0.25, -0.2) is 19.1 Å². The van der Waals surface area contributed by atoms with Crippen molar-refractivity contribution in [2.75, 3.05) is 25.1 Å². The number of aromatic nitrogens is 5. The third-order valence-electron chi connectivity index (χ3n) is 6.68. The lowest BCUT2D eigenvalue weighted by Crippen LogP contribution is -2.58. The standard InChI is InChI=1S/C25H31Cl2N7O4/c1-11(2)17-19(18(12(3)4)29-23(28-17)38-7)34-22-15(8-16(26)20(27)30-22)21(31-24(34)35)32-9-14(6)33(25(36)37)10-13(32)5/h8,11-14H,9-10H2,1-7H3,(H,36,37)/t13-,14+/m0/s1. The van der Waals surface area contributed by atoms with Gasteiger partial charge >= 0.3 is 17.8 Å². The van der Waals surface area contributed by atoms with Crippen molar-refractivity contribution in [1.29, 1.82) is 0 Å². The van der Waals surface area contributed by atoms with Crippen LogP contribution in [-0.4, -0.2) is 72.9 Å². The second-order valence-electron chi connectivity index (χ2n) is 10.1. The van der Waals surface area contributed by atoms with Crippen LogP contribution in [0, 0.1) is 0 Å². The van der Waals surface area contributed by atoms with E-state index in [2.05, 4.69) is 19.9 Å². The number of pyridine rings is 1. The second kappa shape index (κ2) is 10.5. The second-order valence-corrected chi connectivity index (χ2v) is 10.9. The molecule has 13 heteroatoms. The van der Waals surface area contributed by atoms with Crippen molar-refractivity contribution in [3.8, 4) is 11.7 Å². The number of methoxy groups -OCH3 is 1. The van der Waals surface area contributed by atoms with E-state index >= 15 is 0 Å². The Labute approximate surface area is 230 Å². The monoisotopic (exact) mass is 563 g/mol. The van der Waals surface area contributed by atoms with Crippen LogP contribution in [0.5, 0.6) is 6.01 Å². The number of piperazine rings is 1. The lowest BCUT2D eigenvalue weighted by atomic mass is 10.0. The van der Waals surface area contributed by atoms with Crippen LogP contribution in [0.4, 0.5) is 10.6 Å². The number of halogens is 2. The van der Waals surface area contributed by atoms with Gasteiger partial charge in [0.1, 0.15) is 11.0 Å². The molecule has 4 rings (SSSR count). The summed E-state index contributed by atoms with van der Waals surface area (Å²) >= 11 is 12.8. The summed E-state index contributed by atoms with van der Waals surface area (Å²) in [6.07, 6.45) is -0.990. The van der Waals surface area contributed by atoms with Gasteiger partial charge in [0.05, 0.1) is 34.6 Å². The van der Waals surface area contributed by atoms with Crippen molar-refractivity contribution in [3.05, 3.63) is 38.1 Å². The van der Waals surface area contributed by atoms with Gasteiger partial charge in [-0.05, 0) is 31.7 Å². The van der Waals surface area contributed by atoms with Crippen molar-refractivity contribution >= 4 is 46.1 Å². The van der Waals surface area contributed by atoms with Crippen LogP contribution in [0.2, 0.25) is 10.2 Å². The minimum Gasteiger partial charge on any atom is -0.467 e. The van der Waals surface area contributed by atoms with Gasteiger partial charge in [-0.3, -0.25) is 0 Å². The zero-order valence-electron chi connectivity index (χ0n) is 22.4. The molecule has 11 nitrogen and oxygen atoms in total. The van der Waals surface area contributed by atoms with E-state index in [1.165, 1.54) is 16.6 Å². The number of anilines is 1. The highest BCUT2D eigenvalue weighted by molar-refractivity contribution is 6.41. The molecule has 1 aliphatic heterocycles. The van der Waals surface area contributed by atoms with E-state index in [1.54, 1.807) is 6.07 Å². The zero-order valence-corrected chi connectivity index (χ0v) is 23.9. The molecule has 0 aliphatic carbocycles. The molecular weight excluding hydrogens is 533 g/mol. The molecule has 0 spiro atoms. The Hall–Kier alpha value is -3.18. The summed E-state index contributed by atoms with van der Waals surface area (Å²) in [4.78, 5) is 47.1. The predicted octanol–water partition coefficient (Wildman–Crippen LogP) is 4.71. The fourth-order valence-electron chi connectivity index (χ4n) is 4.79. The highest BCUT2D eigenvalue weighted by Gasteiger charge is 2.35. The third kappa shape index (κ3) is 4.84. The highest BCUT2D eigenvalue weighted by Crippen LogP contribution is 2.35. The molecule has 0 radical (unpaired) electrons. The Morgan fingerprint density at radius 2 is 1.63 bits per heavy atom. The molecule has 1 N–H and O–H groups in total. The van der Waals surface area contributed by atoms with E-state index in [9.17, 15) is 14.7 Å². The number of rotatable bonds is 5. The molecule has 2 atom stereocenters. The minimum atomic E-state index is -0.990. The Bertz CT molecular complexity index is 1430. The number of hydrogen-bond donors (Lipinski definition) is 1. The molecule has 204 valence electrons. The summed E-state index contributed by atoms with van der Waals surface area (Å²) in [5.41, 5.74) is 1.35. The zero-order chi connectivity index (χ0) is 28.0. The normalized spacial score (nSPS) is 18.1. The predicted molar refractivity (Wildman–Crippen MR) is 146 cm³/mol. The number of nitrogens with zero attached hydrogens (tertiary/aromatic N) is 7. The van der Waals surface area contributed by atoms with Crippen molar-refractivity contribution in [2.24, 2.45) is 0 Å². The SMILES string of the molecule is COc1nc(C(C)C)c(-n2c(=O)nc(N3C[C@@H](C)N(C(=O)O)C[C@@H]3C)c3cc(Cl)c(Cl)nc32)c(C(C)C)n1. The van der Waals surface area contributed by atoms with Crippen molar-refractivity contribution in [1.82, 2.24) is 29.4 Å². The van der Waals surface area contributed by atoms with Gasteiger partial charge < -0.3 is 19.6 Å². The maximum Gasteiger partial charge on any atom is 0.407 e. The van der Waals surface area contributed by atoms with E-state index < -0.39 is 11.8 Å². The fourth-order valence-corrected chi connectivity index (χ4v) is 5.07. The molecule has 0 aromatic carbocycles. The number of amides is 1. The van der Waals surface area contributed by atoms with E-state index in [-0.39, 0.29) is 52.3 Å². The fraction of sp³-hybridized carbons (Fsp3) is 0.520. The average Bonchev–Trinajstić information content (AvgIpc) is 2.85. The van der Waals surface area contributed by atoms with Crippen LogP contribution in [0.1, 0.15) is 64.8 Å². The summed E-state index contributed by atoms with van der Waals surface area (Å²) in [6, 6.07) is 1.26. The smallest absolute Gasteiger partial charge is 0.407 e. The first-order valence-electron chi connectivity index (χ1n) is 12.4. The maximum atomic E-state index is 13.9. The molecule has 0 saturated carbocycles.